The molecule has 1 atom stereocenters. The third-order valence-corrected chi connectivity index (χ3v) is 14.8. The minimum absolute atomic E-state index is 0.108. The summed E-state index contributed by atoms with van der Waals surface area (Å²) in [4.78, 5) is 38.3. The first kappa shape index (κ1) is 77.1. The molecule has 0 rings (SSSR count). The summed E-state index contributed by atoms with van der Waals surface area (Å²) >= 11 is 0. The monoisotopic (exact) mass is 1120 g/mol. The van der Waals surface area contributed by atoms with Gasteiger partial charge in [0.05, 0.1) is 6.42 Å². The summed E-state index contributed by atoms with van der Waals surface area (Å²) in [5.74, 6) is -1.03. The molecule has 464 valence electrons. The molecule has 0 saturated carbocycles. The van der Waals surface area contributed by atoms with E-state index in [1.165, 1.54) is 193 Å². The Kier molecular flexibility index (Phi) is 65.2. The molecular weight excluding hydrogens is 997 g/mol. The second-order valence-corrected chi connectivity index (χ2v) is 22.7. The lowest BCUT2D eigenvalue weighted by Gasteiger charge is -2.18. The lowest BCUT2D eigenvalue weighted by molar-refractivity contribution is -0.166. The van der Waals surface area contributed by atoms with Gasteiger partial charge < -0.3 is 14.2 Å². The van der Waals surface area contributed by atoms with Crippen molar-refractivity contribution in [1.82, 2.24) is 0 Å². The number of hydrogen-bond acceptors (Lipinski definition) is 6. The molecule has 0 heterocycles. The van der Waals surface area contributed by atoms with Crippen molar-refractivity contribution >= 4 is 17.9 Å². The molecule has 0 spiro atoms. The predicted molar refractivity (Wildman–Crippen MR) is 353 cm³/mol. The van der Waals surface area contributed by atoms with E-state index in [4.69, 9.17) is 14.2 Å². The highest BCUT2D eigenvalue weighted by molar-refractivity contribution is 5.72. The molecule has 0 aliphatic rings. The molecule has 0 amide bonds. The Morgan fingerprint density at radius 2 is 0.531 bits per heavy atom. The zero-order valence-electron chi connectivity index (χ0n) is 53.3. The number of allylic oxidation sites excluding steroid dienone is 17. The van der Waals surface area contributed by atoms with E-state index in [1.54, 1.807) is 6.08 Å². The van der Waals surface area contributed by atoms with E-state index in [0.29, 0.717) is 12.8 Å². The van der Waals surface area contributed by atoms with Crippen molar-refractivity contribution in [3.63, 3.8) is 0 Å². The van der Waals surface area contributed by atoms with E-state index in [0.717, 1.165) is 96.3 Å². The van der Waals surface area contributed by atoms with Gasteiger partial charge in [0.1, 0.15) is 13.2 Å². The molecule has 0 aromatic rings. The standard InChI is InChI=1S/C75H128O6/c1-4-7-10-13-16-19-22-25-28-30-32-34-36-37-39-40-42-44-47-50-53-56-59-62-65-68-74(77)80-71-72(70-79-73(76)67-64-61-58-55-52-49-46-27-24-21-18-15-12-9-6-3)81-75(78)69-66-63-60-57-54-51-48-45-43-41-38-35-33-31-29-26-23-20-17-14-11-8-5-2/h8-9,11-12,17-18,20-21,26-27,29,33,35,46,52,55,61,64,72H,4-7,10,13-16,19,22-25,28,30-32,34,36-45,47-51,53-54,56-60,62-63,65-71H2,1-3H3/b11-8-,12-9-,20-17-,21-18-,29-26-,35-33-,46-27-,55-52-,64-61-. The third kappa shape index (κ3) is 66.8. The van der Waals surface area contributed by atoms with Crippen molar-refractivity contribution < 1.29 is 28.6 Å². The first-order chi connectivity index (χ1) is 40.0. The van der Waals surface area contributed by atoms with Crippen molar-refractivity contribution in [3.8, 4) is 0 Å². The third-order valence-electron chi connectivity index (χ3n) is 14.8. The van der Waals surface area contributed by atoms with Gasteiger partial charge in [0.25, 0.3) is 0 Å². The van der Waals surface area contributed by atoms with Gasteiger partial charge in [0.15, 0.2) is 6.10 Å². The predicted octanol–water partition coefficient (Wildman–Crippen LogP) is 23.8. The van der Waals surface area contributed by atoms with E-state index in [9.17, 15) is 14.4 Å². The summed E-state index contributed by atoms with van der Waals surface area (Å²) in [6.45, 7) is 6.36. The van der Waals surface area contributed by atoms with Crippen LogP contribution < -0.4 is 0 Å². The first-order valence-electron chi connectivity index (χ1n) is 34.4. The average Bonchev–Trinajstić information content (AvgIpc) is 3.47. The molecule has 0 aliphatic heterocycles. The minimum Gasteiger partial charge on any atom is -0.462 e. The number of ether oxygens (including phenoxy) is 3. The number of carbonyl (C=O) groups is 3. The summed E-state index contributed by atoms with van der Waals surface area (Å²) in [5, 5.41) is 0. The first-order valence-corrected chi connectivity index (χ1v) is 34.4. The van der Waals surface area contributed by atoms with Crippen molar-refractivity contribution in [1.29, 1.82) is 0 Å². The van der Waals surface area contributed by atoms with Gasteiger partial charge in [0, 0.05) is 12.8 Å². The maximum Gasteiger partial charge on any atom is 0.309 e. The maximum atomic E-state index is 12.9. The van der Waals surface area contributed by atoms with E-state index in [1.807, 2.05) is 6.08 Å². The molecule has 81 heavy (non-hydrogen) atoms. The minimum atomic E-state index is -0.822. The summed E-state index contributed by atoms with van der Waals surface area (Å²) in [6, 6.07) is 0. The van der Waals surface area contributed by atoms with E-state index in [2.05, 4.69) is 118 Å². The fourth-order valence-corrected chi connectivity index (χ4v) is 9.75. The normalized spacial score (nSPS) is 12.8. The van der Waals surface area contributed by atoms with Gasteiger partial charge in [-0.3, -0.25) is 14.4 Å². The molecule has 0 fully saturated rings. The number of hydrogen-bond donors (Lipinski definition) is 0. The summed E-state index contributed by atoms with van der Waals surface area (Å²) in [5.41, 5.74) is 0. The van der Waals surface area contributed by atoms with Crippen LogP contribution in [-0.4, -0.2) is 37.2 Å². The SMILES string of the molecule is CC/C=C\C/C=C\C/C=C\C/C=C\C/C=C\CC(=O)OCC(COC(=O)CCCCCCCCCCCCCCCCCCCCCCCCCCC)OC(=O)CCCCCCCCCCCC/C=C\C/C=C\C/C=C\C/C=C\CC. The zero-order chi connectivity index (χ0) is 58.5. The largest absolute Gasteiger partial charge is 0.462 e. The van der Waals surface area contributed by atoms with Crippen molar-refractivity contribution in [2.45, 2.75) is 335 Å². The Bertz CT molecular complexity index is 1620. The van der Waals surface area contributed by atoms with Gasteiger partial charge in [-0.25, -0.2) is 0 Å². The van der Waals surface area contributed by atoms with E-state index >= 15 is 0 Å². The molecule has 0 aromatic carbocycles. The Morgan fingerprint density at radius 1 is 0.272 bits per heavy atom. The second-order valence-electron chi connectivity index (χ2n) is 22.7. The van der Waals surface area contributed by atoms with Crippen LogP contribution in [0.25, 0.3) is 0 Å². The molecule has 0 radical (unpaired) electrons. The van der Waals surface area contributed by atoms with Gasteiger partial charge in [-0.2, -0.15) is 0 Å². The Balaban J connectivity index is 4.37. The highest BCUT2D eigenvalue weighted by Gasteiger charge is 2.19. The average molecular weight is 1130 g/mol. The van der Waals surface area contributed by atoms with Crippen LogP contribution in [0, 0.1) is 0 Å². The van der Waals surface area contributed by atoms with Gasteiger partial charge in [-0.15, -0.1) is 0 Å². The van der Waals surface area contributed by atoms with Gasteiger partial charge >= 0.3 is 17.9 Å². The van der Waals surface area contributed by atoms with Crippen LogP contribution in [0.4, 0.5) is 0 Å². The highest BCUT2D eigenvalue weighted by Crippen LogP contribution is 2.18. The van der Waals surface area contributed by atoms with E-state index in [-0.39, 0.29) is 31.6 Å². The molecule has 0 N–H and O–H groups in total. The van der Waals surface area contributed by atoms with Gasteiger partial charge in [-0.05, 0) is 83.5 Å². The van der Waals surface area contributed by atoms with E-state index < -0.39 is 12.1 Å². The van der Waals surface area contributed by atoms with Crippen LogP contribution in [0.5, 0.6) is 0 Å². The number of rotatable bonds is 62. The lowest BCUT2D eigenvalue weighted by Crippen LogP contribution is -2.30. The van der Waals surface area contributed by atoms with Crippen molar-refractivity contribution in [2.75, 3.05) is 13.2 Å². The topological polar surface area (TPSA) is 78.9 Å². The van der Waals surface area contributed by atoms with Crippen LogP contribution in [-0.2, 0) is 28.6 Å². The fourth-order valence-electron chi connectivity index (χ4n) is 9.75. The van der Waals surface area contributed by atoms with Crippen LogP contribution in [0.1, 0.15) is 329 Å². The quantitative estimate of drug-likeness (QED) is 0.0261. The Labute approximate surface area is 501 Å². The molecule has 6 heteroatoms. The van der Waals surface area contributed by atoms with Gasteiger partial charge in [-0.1, -0.05) is 336 Å². The summed E-state index contributed by atoms with van der Waals surface area (Å²) < 4.78 is 16.9. The van der Waals surface area contributed by atoms with Crippen LogP contribution in [0.2, 0.25) is 0 Å². The number of esters is 3. The Hall–Kier alpha value is -3.93. The fraction of sp³-hybridized carbons (Fsp3) is 0.720. The molecule has 0 saturated heterocycles. The molecule has 1 unspecified atom stereocenters. The highest BCUT2D eigenvalue weighted by atomic mass is 16.6. The smallest absolute Gasteiger partial charge is 0.309 e. The number of carbonyl (C=O) groups excluding carboxylic acids is 3. The van der Waals surface area contributed by atoms with Gasteiger partial charge in [0.2, 0.25) is 0 Å². The second kappa shape index (κ2) is 68.6. The van der Waals surface area contributed by atoms with Crippen LogP contribution in [0.15, 0.2) is 109 Å². The molecule has 0 aromatic heterocycles. The lowest BCUT2D eigenvalue weighted by atomic mass is 10.0. The molecule has 0 aliphatic carbocycles. The van der Waals surface area contributed by atoms with Crippen molar-refractivity contribution in [2.24, 2.45) is 0 Å². The maximum absolute atomic E-state index is 12.9. The molecule has 0 bridgehead atoms. The molecule has 6 nitrogen and oxygen atoms in total. The van der Waals surface area contributed by atoms with Crippen LogP contribution in [0.3, 0.4) is 0 Å². The Morgan fingerprint density at radius 3 is 0.864 bits per heavy atom. The van der Waals surface area contributed by atoms with Crippen LogP contribution >= 0.6 is 0 Å². The summed E-state index contributed by atoms with van der Waals surface area (Å²) in [7, 11) is 0. The number of unbranched alkanes of at least 4 members (excludes halogenated alkanes) is 34. The van der Waals surface area contributed by atoms with Crippen molar-refractivity contribution in [3.05, 3.63) is 109 Å². The summed E-state index contributed by atoms with van der Waals surface area (Å²) in [6.07, 6.45) is 94.3. The zero-order valence-corrected chi connectivity index (χ0v) is 53.3. The molecular formula is C75H128O6.